The Morgan fingerprint density at radius 3 is 2.63 bits per heavy atom. The molecule has 1 saturated carbocycles. The molecule has 2 aliphatic rings. The van der Waals surface area contributed by atoms with E-state index >= 15 is 0 Å². The van der Waals surface area contributed by atoms with Crippen LogP contribution in [0.25, 0.3) is 10.2 Å². The zero-order chi connectivity index (χ0) is 21.0. The molecular formula is C24H27N3O2S. The SMILES string of the molecule is Cc1ccc(N2C(=O)c3cc4ccsc4n3C[C@]2(C)C(=O)NC2CCCC2)cc1C. The van der Waals surface area contributed by atoms with Crippen LogP contribution in [-0.4, -0.2) is 28.0 Å². The van der Waals surface area contributed by atoms with E-state index in [4.69, 9.17) is 0 Å². The molecule has 5 nitrogen and oxygen atoms in total. The lowest BCUT2D eigenvalue weighted by Gasteiger charge is -2.44. The molecule has 2 amide bonds. The van der Waals surface area contributed by atoms with E-state index in [0.29, 0.717) is 12.2 Å². The van der Waals surface area contributed by atoms with Crippen LogP contribution in [-0.2, 0) is 11.3 Å². The van der Waals surface area contributed by atoms with E-state index in [9.17, 15) is 9.59 Å². The van der Waals surface area contributed by atoms with Gasteiger partial charge in [0.15, 0.2) is 0 Å². The van der Waals surface area contributed by atoms with E-state index < -0.39 is 5.54 Å². The maximum absolute atomic E-state index is 13.8. The molecule has 3 aromatic rings. The van der Waals surface area contributed by atoms with Crippen LogP contribution < -0.4 is 10.2 Å². The van der Waals surface area contributed by atoms with Crippen molar-refractivity contribution < 1.29 is 9.59 Å². The summed E-state index contributed by atoms with van der Waals surface area (Å²) < 4.78 is 2.04. The third kappa shape index (κ3) is 2.88. The van der Waals surface area contributed by atoms with Gasteiger partial charge in [-0.15, -0.1) is 11.3 Å². The molecule has 1 aliphatic carbocycles. The third-order valence-corrected chi connectivity index (χ3v) is 7.76. The average molecular weight is 422 g/mol. The second-order valence-corrected chi connectivity index (χ2v) is 9.83. The zero-order valence-electron chi connectivity index (χ0n) is 17.7. The first-order valence-electron chi connectivity index (χ1n) is 10.7. The molecule has 1 N–H and O–H groups in total. The first kappa shape index (κ1) is 19.4. The summed E-state index contributed by atoms with van der Waals surface area (Å²) in [6.45, 7) is 6.46. The lowest BCUT2D eigenvalue weighted by molar-refractivity contribution is -0.127. The first-order valence-corrected chi connectivity index (χ1v) is 11.6. The quantitative estimate of drug-likeness (QED) is 0.661. The van der Waals surface area contributed by atoms with Gasteiger partial charge in [-0.05, 0) is 74.4 Å². The number of nitrogens with zero attached hydrogens (tertiary/aromatic N) is 2. The molecule has 0 unspecified atom stereocenters. The number of aromatic nitrogens is 1. The Labute approximate surface area is 180 Å². The smallest absolute Gasteiger partial charge is 0.275 e. The largest absolute Gasteiger partial charge is 0.351 e. The lowest BCUT2D eigenvalue weighted by Crippen LogP contribution is -2.65. The van der Waals surface area contributed by atoms with E-state index in [1.807, 2.05) is 54.1 Å². The van der Waals surface area contributed by atoms with Gasteiger partial charge < -0.3 is 9.88 Å². The van der Waals surface area contributed by atoms with Crippen LogP contribution in [0.1, 0.15) is 54.2 Å². The minimum absolute atomic E-state index is 0.0648. The maximum Gasteiger partial charge on any atom is 0.275 e. The molecule has 6 heteroatoms. The van der Waals surface area contributed by atoms with Crippen molar-refractivity contribution in [3.05, 3.63) is 52.5 Å². The van der Waals surface area contributed by atoms with Gasteiger partial charge in [0.05, 0.1) is 6.54 Å². The second-order valence-electron chi connectivity index (χ2n) is 8.93. The number of hydrogen-bond acceptors (Lipinski definition) is 3. The van der Waals surface area contributed by atoms with Crippen LogP contribution in [0.5, 0.6) is 0 Å². The predicted molar refractivity (Wildman–Crippen MR) is 121 cm³/mol. The number of benzene rings is 1. The van der Waals surface area contributed by atoms with Gasteiger partial charge in [0.1, 0.15) is 16.1 Å². The number of fused-ring (bicyclic) bond motifs is 3. The van der Waals surface area contributed by atoms with Crippen molar-refractivity contribution in [3.63, 3.8) is 0 Å². The number of carbonyl (C=O) groups excluding carboxylic acids is 2. The topological polar surface area (TPSA) is 54.3 Å². The van der Waals surface area contributed by atoms with Crippen LogP contribution in [0.3, 0.4) is 0 Å². The molecule has 0 bridgehead atoms. The van der Waals surface area contributed by atoms with E-state index in [1.54, 1.807) is 16.2 Å². The predicted octanol–water partition coefficient (Wildman–Crippen LogP) is 4.80. The molecule has 1 aliphatic heterocycles. The molecule has 30 heavy (non-hydrogen) atoms. The van der Waals surface area contributed by atoms with Gasteiger partial charge in [-0.25, -0.2) is 0 Å². The highest BCUT2D eigenvalue weighted by Crippen LogP contribution is 2.38. The second kappa shape index (κ2) is 6.98. The number of thiophene rings is 1. The van der Waals surface area contributed by atoms with Gasteiger partial charge >= 0.3 is 0 Å². The van der Waals surface area contributed by atoms with Crippen LogP contribution in [0.4, 0.5) is 5.69 Å². The van der Waals surface area contributed by atoms with Crippen molar-refractivity contribution in [1.29, 1.82) is 0 Å². The Balaban J connectivity index is 1.63. The standard InChI is InChI=1S/C24H27N3O2S/c1-15-8-9-19(12-16(15)2)27-21(28)20-13-17-10-11-30-22(17)26(20)14-24(27,3)23(29)25-18-6-4-5-7-18/h8-13,18H,4-7,14H2,1-3H3,(H,25,29)/t24-/m1/s1. The molecule has 0 radical (unpaired) electrons. The molecule has 0 saturated heterocycles. The van der Waals surface area contributed by atoms with Gasteiger partial charge in [0.2, 0.25) is 5.91 Å². The Kier molecular flexibility index (Phi) is 4.51. The Morgan fingerprint density at radius 2 is 1.90 bits per heavy atom. The minimum atomic E-state index is -0.996. The molecule has 1 atom stereocenters. The molecule has 3 heterocycles. The fourth-order valence-corrected chi connectivity index (χ4v) is 5.77. The van der Waals surface area contributed by atoms with Crippen molar-refractivity contribution in [3.8, 4) is 0 Å². The molecular weight excluding hydrogens is 394 g/mol. The molecule has 2 aromatic heterocycles. The van der Waals surface area contributed by atoms with E-state index in [1.165, 1.54) is 5.56 Å². The summed E-state index contributed by atoms with van der Waals surface area (Å²) >= 11 is 1.62. The third-order valence-electron chi connectivity index (χ3n) is 6.81. The summed E-state index contributed by atoms with van der Waals surface area (Å²) in [7, 11) is 0. The fourth-order valence-electron chi connectivity index (χ4n) is 4.88. The number of amides is 2. The van der Waals surface area contributed by atoms with Gasteiger partial charge in [-0.2, -0.15) is 0 Å². The normalized spacial score (nSPS) is 22.0. The van der Waals surface area contributed by atoms with E-state index in [0.717, 1.165) is 47.2 Å². The monoisotopic (exact) mass is 421 g/mol. The molecule has 1 aromatic carbocycles. The van der Waals surface area contributed by atoms with Gasteiger partial charge in [-0.1, -0.05) is 18.9 Å². The molecule has 156 valence electrons. The number of anilines is 1. The summed E-state index contributed by atoms with van der Waals surface area (Å²) in [5.41, 5.74) is 2.72. The Hall–Kier alpha value is -2.60. The lowest BCUT2D eigenvalue weighted by atomic mass is 9.92. The summed E-state index contributed by atoms with van der Waals surface area (Å²) in [6.07, 6.45) is 4.34. The highest BCUT2D eigenvalue weighted by atomic mass is 32.1. The Morgan fingerprint density at radius 1 is 1.13 bits per heavy atom. The first-order chi connectivity index (χ1) is 14.4. The number of carbonyl (C=O) groups is 2. The molecule has 1 fully saturated rings. The minimum Gasteiger partial charge on any atom is -0.351 e. The average Bonchev–Trinajstić information content (AvgIpc) is 3.43. The fraction of sp³-hybridized carbons (Fsp3) is 0.417. The summed E-state index contributed by atoms with van der Waals surface area (Å²) in [5.74, 6) is -0.179. The van der Waals surface area contributed by atoms with Gasteiger partial charge in [0, 0.05) is 17.1 Å². The summed E-state index contributed by atoms with van der Waals surface area (Å²) in [5, 5.41) is 6.35. The maximum atomic E-state index is 13.8. The molecule has 0 spiro atoms. The van der Waals surface area contributed by atoms with E-state index in [-0.39, 0.29) is 17.9 Å². The van der Waals surface area contributed by atoms with Crippen LogP contribution in [0, 0.1) is 13.8 Å². The van der Waals surface area contributed by atoms with Crippen molar-refractivity contribution in [2.24, 2.45) is 0 Å². The van der Waals surface area contributed by atoms with Crippen molar-refractivity contribution in [2.45, 2.75) is 64.6 Å². The summed E-state index contributed by atoms with van der Waals surface area (Å²) in [4.78, 5) is 30.2. The molecule has 5 rings (SSSR count). The highest BCUT2D eigenvalue weighted by Gasteiger charge is 2.49. The number of aryl methyl sites for hydroxylation is 2. The number of nitrogens with one attached hydrogen (secondary N) is 1. The van der Waals surface area contributed by atoms with E-state index in [2.05, 4.69) is 12.2 Å². The van der Waals surface area contributed by atoms with Crippen molar-refractivity contribution >= 4 is 39.1 Å². The Bertz CT molecular complexity index is 1150. The van der Waals surface area contributed by atoms with Crippen molar-refractivity contribution in [1.82, 2.24) is 9.88 Å². The van der Waals surface area contributed by atoms with Crippen LogP contribution in [0.15, 0.2) is 35.7 Å². The number of hydrogen-bond donors (Lipinski definition) is 1. The van der Waals surface area contributed by atoms with Crippen LogP contribution >= 0.6 is 11.3 Å². The number of rotatable bonds is 3. The highest BCUT2D eigenvalue weighted by molar-refractivity contribution is 7.16. The van der Waals surface area contributed by atoms with Crippen LogP contribution in [0.2, 0.25) is 0 Å². The summed E-state index contributed by atoms with van der Waals surface area (Å²) in [6, 6.07) is 10.2. The zero-order valence-corrected chi connectivity index (χ0v) is 18.5. The van der Waals surface area contributed by atoms with Gasteiger partial charge in [-0.3, -0.25) is 14.5 Å². The van der Waals surface area contributed by atoms with Gasteiger partial charge in [0.25, 0.3) is 5.91 Å². The van der Waals surface area contributed by atoms with Crippen molar-refractivity contribution in [2.75, 3.05) is 4.90 Å².